The molecule has 0 aromatic heterocycles. The molecular weight excluding hydrogens is 466 g/mol. The fourth-order valence-electron chi connectivity index (χ4n) is 4.03. The highest BCUT2D eigenvalue weighted by atomic mass is 16.6. The van der Waals surface area contributed by atoms with Crippen LogP contribution in [0.15, 0.2) is 36.4 Å². The molecule has 0 saturated heterocycles. The number of ether oxygens (including phenoxy) is 5. The molecule has 0 spiro atoms. The normalized spacial score (nSPS) is 12.6. The summed E-state index contributed by atoms with van der Waals surface area (Å²) in [4.78, 5) is 23.8. The zero-order valence-electron chi connectivity index (χ0n) is 20.8. The summed E-state index contributed by atoms with van der Waals surface area (Å²) in [6.45, 7) is 6.95. The highest BCUT2D eigenvalue weighted by molar-refractivity contribution is 5.97. The number of hydrogen-bond acceptors (Lipinski definition) is 8. The topological polar surface area (TPSA) is 113 Å². The van der Waals surface area contributed by atoms with Crippen molar-refractivity contribution in [3.63, 3.8) is 0 Å². The van der Waals surface area contributed by atoms with Gasteiger partial charge in [-0.1, -0.05) is 30.8 Å². The molecule has 0 heterocycles. The van der Waals surface area contributed by atoms with E-state index in [9.17, 15) is 14.7 Å². The van der Waals surface area contributed by atoms with Crippen LogP contribution in [0.3, 0.4) is 0 Å². The molecule has 0 unspecified atom stereocenters. The zero-order valence-corrected chi connectivity index (χ0v) is 20.8. The lowest BCUT2D eigenvalue weighted by Crippen LogP contribution is -2.31. The van der Waals surface area contributed by atoms with Crippen LogP contribution in [0.5, 0.6) is 11.5 Å². The Hall–Kier alpha value is -3.14. The van der Waals surface area contributed by atoms with E-state index in [1.807, 2.05) is 24.3 Å². The number of aliphatic hydroxyl groups is 1. The highest BCUT2D eigenvalue weighted by Gasteiger charge is 2.25. The number of amides is 1. The Bertz CT molecular complexity index is 1050. The summed E-state index contributed by atoms with van der Waals surface area (Å²) >= 11 is 0. The number of carbonyl (C=O) groups is 2. The van der Waals surface area contributed by atoms with Gasteiger partial charge >= 0.3 is 12.1 Å². The highest BCUT2D eigenvalue weighted by Crippen LogP contribution is 2.44. The Labute approximate surface area is 211 Å². The maximum atomic E-state index is 12.6. The van der Waals surface area contributed by atoms with Crippen LogP contribution in [-0.4, -0.2) is 70.0 Å². The smallest absolute Gasteiger partial charge is 0.412 e. The Balaban J connectivity index is 1.47. The number of esters is 1. The van der Waals surface area contributed by atoms with Crippen LogP contribution in [0.4, 0.5) is 4.79 Å². The molecule has 3 rings (SSSR count). The molecule has 0 aliphatic heterocycles. The fraction of sp³-hybridized carbons (Fsp3) is 0.481. The van der Waals surface area contributed by atoms with Gasteiger partial charge in [0.2, 0.25) is 0 Å². The van der Waals surface area contributed by atoms with Crippen LogP contribution in [0, 0.1) is 0 Å². The van der Waals surface area contributed by atoms with E-state index in [0.29, 0.717) is 31.1 Å². The molecule has 0 fully saturated rings. The van der Waals surface area contributed by atoms with Gasteiger partial charge in [0.1, 0.15) is 24.7 Å². The quantitative estimate of drug-likeness (QED) is 0.230. The molecule has 1 amide bonds. The van der Waals surface area contributed by atoms with E-state index in [1.165, 1.54) is 0 Å². The van der Waals surface area contributed by atoms with Gasteiger partial charge in [0.05, 0.1) is 33.0 Å². The van der Waals surface area contributed by atoms with Crippen molar-refractivity contribution in [1.29, 1.82) is 0 Å². The lowest BCUT2D eigenvalue weighted by atomic mass is 9.87. The largest absolute Gasteiger partial charge is 0.490 e. The summed E-state index contributed by atoms with van der Waals surface area (Å²) < 4.78 is 27.4. The van der Waals surface area contributed by atoms with E-state index < -0.39 is 12.1 Å². The van der Waals surface area contributed by atoms with Crippen LogP contribution in [0.1, 0.15) is 30.9 Å². The average molecular weight is 502 g/mol. The molecule has 9 nitrogen and oxygen atoms in total. The lowest BCUT2D eigenvalue weighted by Gasteiger charge is -2.25. The molecule has 2 N–H and O–H groups in total. The second-order valence-electron chi connectivity index (χ2n) is 8.40. The second kappa shape index (κ2) is 14.4. The Morgan fingerprint density at radius 1 is 0.917 bits per heavy atom. The van der Waals surface area contributed by atoms with Crippen molar-refractivity contribution in [3.05, 3.63) is 47.5 Å². The van der Waals surface area contributed by atoms with E-state index in [0.717, 1.165) is 53.3 Å². The number of fused-ring (bicyclic) bond motifs is 2. The third-order valence-electron chi connectivity index (χ3n) is 5.66. The van der Waals surface area contributed by atoms with Crippen molar-refractivity contribution >= 4 is 22.8 Å². The number of nitrogens with one attached hydrogen (secondary N) is 1. The third-order valence-corrected chi connectivity index (χ3v) is 5.66. The summed E-state index contributed by atoms with van der Waals surface area (Å²) in [6, 6.07) is 7.69. The molecule has 0 radical (unpaired) electrons. The second-order valence-corrected chi connectivity index (χ2v) is 8.40. The maximum absolute atomic E-state index is 12.6. The standard InChI is InChI=1S/C27H35NO8/c1-19(2)26(30)35-18-17-33-16-15-32-13-11-28-27(31)36-25-22-9-5-3-7-20(22)24(34-14-12-29)21-8-4-6-10-23(21)25/h3,5,7,9,29H,1,4,6,8,10-18H2,2H3,(H,28,31). The average Bonchev–Trinajstić information content (AvgIpc) is 2.89. The summed E-state index contributed by atoms with van der Waals surface area (Å²) in [7, 11) is 0. The fourth-order valence-corrected chi connectivity index (χ4v) is 4.03. The minimum absolute atomic E-state index is 0.0666. The van der Waals surface area contributed by atoms with Gasteiger partial charge in [-0.15, -0.1) is 0 Å². The summed E-state index contributed by atoms with van der Waals surface area (Å²) in [5.41, 5.74) is 2.39. The minimum atomic E-state index is -0.545. The van der Waals surface area contributed by atoms with Gasteiger partial charge in [0.15, 0.2) is 0 Å². The number of rotatable bonds is 14. The summed E-state index contributed by atoms with van der Waals surface area (Å²) in [5.74, 6) is 0.898. The van der Waals surface area contributed by atoms with E-state index in [1.54, 1.807) is 6.92 Å². The third kappa shape index (κ3) is 7.68. The molecule has 36 heavy (non-hydrogen) atoms. The predicted molar refractivity (Wildman–Crippen MR) is 135 cm³/mol. The first-order chi connectivity index (χ1) is 17.5. The van der Waals surface area contributed by atoms with Crippen molar-refractivity contribution in [1.82, 2.24) is 5.32 Å². The van der Waals surface area contributed by atoms with E-state index in [-0.39, 0.29) is 33.0 Å². The SMILES string of the molecule is C=C(C)C(=O)OCCOCCOCCNC(=O)Oc1c2c(c(OCCO)c3ccccc13)CCCC2. The Morgan fingerprint density at radius 2 is 1.53 bits per heavy atom. The monoisotopic (exact) mass is 501 g/mol. The lowest BCUT2D eigenvalue weighted by molar-refractivity contribution is -0.140. The molecule has 2 aromatic rings. The van der Waals surface area contributed by atoms with Crippen LogP contribution < -0.4 is 14.8 Å². The van der Waals surface area contributed by atoms with E-state index >= 15 is 0 Å². The maximum Gasteiger partial charge on any atom is 0.412 e. The van der Waals surface area contributed by atoms with Gasteiger partial charge in [-0.2, -0.15) is 0 Å². The van der Waals surface area contributed by atoms with Crippen molar-refractivity contribution in [2.45, 2.75) is 32.6 Å². The van der Waals surface area contributed by atoms with Gasteiger partial charge in [-0.3, -0.25) is 0 Å². The van der Waals surface area contributed by atoms with Gasteiger partial charge in [0.25, 0.3) is 0 Å². The summed E-state index contributed by atoms with van der Waals surface area (Å²) in [6.07, 6.45) is 3.14. The first-order valence-corrected chi connectivity index (χ1v) is 12.3. The molecular formula is C27H35NO8. The molecule has 2 aromatic carbocycles. The first-order valence-electron chi connectivity index (χ1n) is 12.3. The molecule has 1 aliphatic carbocycles. The van der Waals surface area contributed by atoms with Crippen LogP contribution in [0.2, 0.25) is 0 Å². The molecule has 0 saturated carbocycles. The van der Waals surface area contributed by atoms with E-state index in [2.05, 4.69) is 11.9 Å². The van der Waals surface area contributed by atoms with Gasteiger partial charge < -0.3 is 34.1 Å². The Kier molecular flexibility index (Phi) is 11.0. The molecule has 9 heteroatoms. The molecule has 0 atom stereocenters. The van der Waals surface area contributed by atoms with Gasteiger partial charge in [-0.25, -0.2) is 9.59 Å². The van der Waals surface area contributed by atoms with Crippen LogP contribution in [0.25, 0.3) is 10.8 Å². The molecule has 0 bridgehead atoms. The number of aliphatic hydroxyl groups excluding tert-OH is 1. The minimum Gasteiger partial charge on any atom is -0.490 e. The van der Waals surface area contributed by atoms with Gasteiger partial charge in [-0.05, 0) is 32.6 Å². The predicted octanol–water partition coefficient (Wildman–Crippen LogP) is 3.33. The van der Waals surface area contributed by atoms with E-state index in [4.69, 9.17) is 23.7 Å². The van der Waals surface area contributed by atoms with Crippen LogP contribution >= 0.6 is 0 Å². The van der Waals surface area contributed by atoms with Crippen LogP contribution in [-0.2, 0) is 31.8 Å². The molecule has 196 valence electrons. The summed E-state index contributed by atoms with van der Waals surface area (Å²) in [5, 5.41) is 13.7. The molecule has 1 aliphatic rings. The van der Waals surface area contributed by atoms with Crippen molar-refractivity contribution < 1.29 is 38.4 Å². The number of carbonyl (C=O) groups excluding carboxylic acids is 2. The van der Waals surface area contributed by atoms with Gasteiger partial charge in [0, 0.05) is 34.0 Å². The van der Waals surface area contributed by atoms with Crippen molar-refractivity contribution in [3.8, 4) is 11.5 Å². The Morgan fingerprint density at radius 3 is 2.19 bits per heavy atom. The van der Waals surface area contributed by atoms with Crippen molar-refractivity contribution in [2.75, 3.05) is 52.8 Å². The first kappa shape index (κ1) is 27.4. The van der Waals surface area contributed by atoms with Crippen molar-refractivity contribution in [2.24, 2.45) is 0 Å². The zero-order chi connectivity index (χ0) is 25.8. The number of benzene rings is 2. The number of hydrogen-bond donors (Lipinski definition) is 2.